The second-order valence-corrected chi connectivity index (χ2v) is 3.80. The molecular weight excluding hydrogens is 210 g/mol. The molecule has 0 fully saturated rings. The smallest absolute Gasteiger partial charge is 0.276 e. The monoisotopic (exact) mass is 233 g/mol. The number of nitrogens with one attached hydrogen (secondary N) is 3. The van der Waals surface area contributed by atoms with Gasteiger partial charge >= 0.3 is 0 Å². The molecule has 0 aliphatic carbocycles. The van der Waals surface area contributed by atoms with Crippen molar-refractivity contribution < 1.29 is 4.79 Å². The number of hydrogen-bond donors (Lipinski definition) is 4. The van der Waals surface area contributed by atoms with Crippen LogP contribution in [0.5, 0.6) is 0 Å². The van der Waals surface area contributed by atoms with Crippen LogP contribution in [0.3, 0.4) is 0 Å². The number of unbranched alkanes of at least 4 members (excludes halogenated alkanes) is 2. The first-order chi connectivity index (χ1) is 7.27. The fraction of sp³-hybridized carbons (Fsp3) is 0.900. The van der Waals surface area contributed by atoms with Crippen LogP contribution in [0.25, 0.3) is 0 Å². The molecule has 0 atom stereocenters. The Morgan fingerprint density at radius 1 is 1.00 bits per heavy atom. The van der Waals surface area contributed by atoms with Crippen LogP contribution >= 0.6 is 12.6 Å². The lowest BCUT2D eigenvalue weighted by molar-refractivity contribution is 0.261. The molecule has 0 rings (SSSR count). The zero-order valence-electron chi connectivity index (χ0n) is 9.51. The van der Waals surface area contributed by atoms with Crippen LogP contribution in [0.4, 0.5) is 4.79 Å². The van der Waals surface area contributed by atoms with Crippen molar-refractivity contribution in [1.82, 2.24) is 16.0 Å². The SMILES string of the molecule is CCNCCCCCNCCNC(=O)S. The topological polar surface area (TPSA) is 53.2 Å². The highest BCUT2D eigenvalue weighted by Gasteiger charge is 1.91. The van der Waals surface area contributed by atoms with Gasteiger partial charge in [-0.05, 0) is 32.5 Å². The van der Waals surface area contributed by atoms with Crippen molar-refractivity contribution in [2.45, 2.75) is 26.2 Å². The van der Waals surface area contributed by atoms with E-state index in [1.54, 1.807) is 0 Å². The Morgan fingerprint density at radius 3 is 2.27 bits per heavy atom. The van der Waals surface area contributed by atoms with E-state index in [0.717, 1.165) is 26.2 Å². The summed E-state index contributed by atoms with van der Waals surface area (Å²) in [6.45, 7) is 6.79. The summed E-state index contributed by atoms with van der Waals surface area (Å²) in [6.07, 6.45) is 3.68. The third-order valence-corrected chi connectivity index (χ3v) is 2.19. The normalized spacial score (nSPS) is 10.3. The molecule has 0 aromatic rings. The van der Waals surface area contributed by atoms with Crippen LogP contribution in [0.15, 0.2) is 0 Å². The van der Waals surface area contributed by atoms with Crippen molar-refractivity contribution in [3.8, 4) is 0 Å². The second kappa shape index (κ2) is 11.8. The van der Waals surface area contributed by atoms with Crippen molar-refractivity contribution in [3.05, 3.63) is 0 Å². The molecular formula is C10H23N3OS. The predicted octanol–water partition coefficient (Wildman–Crippen LogP) is 0.995. The first-order valence-corrected chi connectivity index (χ1v) is 6.10. The fourth-order valence-corrected chi connectivity index (χ4v) is 1.35. The highest BCUT2D eigenvalue weighted by molar-refractivity contribution is 7.96. The van der Waals surface area contributed by atoms with E-state index >= 15 is 0 Å². The Kier molecular flexibility index (Phi) is 11.6. The van der Waals surface area contributed by atoms with Crippen LogP contribution in [-0.2, 0) is 0 Å². The zero-order chi connectivity index (χ0) is 11.4. The molecule has 0 aromatic heterocycles. The van der Waals surface area contributed by atoms with Crippen molar-refractivity contribution >= 4 is 17.9 Å². The van der Waals surface area contributed by atoms with E-state index in [9.17, 15) is 4.79 Å². The molecule has 0 saturated heterocycles. The number of amides is 1. The molecule has 4 nitrogen and oxygen atoms in total. The maximum Gasteiger partial charge on any atom is 0.276 e. The van der Waals surface area contributed by atoms with Gasteiger partial charge in [0, 0.05) is 13.1 Å². The summed E-state index contributed by atoms with van der Waals surface area (Å²) >= 11 is 3.60. The van der Waals surface area contributed by atoms with E-state index in [-0.39, 0.29) is 5.24 Å². The minimum atomic E-state index is -0.262. The molecule has 0 bridgehead atoms. The largest absolute Gasteiger partial charge is 0.346 e. The van der Waals surface area contributed by atoms with Gasteiger partial charge in [-0.3, -0.25) is 4.79 Å². The Morgan fingerprint density at radius 2 is 1.67 bits per heavy atom. The first kappa shape index (κ1) is 14.7. The molecule has 0 spiro atoms. The van der Waals surface area contributed by atoms with Gasteiger partial charge in [0.15, 0.2) is 0 Å². The van der Waals surface area contributed by atoms with E-state index in [4.69, 9.17) is 0 Å². The molecule has 15 heavy (non-hydrogen) atoms. The van der Waals surface area contributed by atoms with E-state index in [1.807, 2.05) is 0 Å². The van der Waals surface area contributed by atoms with Crippen LogP contribution in [-0.4, -0.2) is 38.0 Å². The number of thiol groups is 1. The number of rotatable bonds is 10. The van der Waals surface area contributed by atoms with E-state index in [0.29, 0.717) is 6.54 Å². The Balaban J connectivity index is 2.89. The molecule has 90 valence electrons. The highest BCUT2D eigenvalue weighted by atomic mass is 32.1. The molecule has 0 aliphatic heterocycles. The summed E-state index contributed by atoms with van der Waals surface area (Å²) in [5.41, 5.74) is 0. The number of hydrogen-bond acceptors (Lipinski definition) is 3. The van der Waals surface area contributed by atoms with E-state index in [2.05, 4.69) is 35.5 Å². The van der Waals surface area contributed by atoms with Crippen LogP contribution in [0.1, 0.15) is 26.2 Å². The molecule has 3 N–H and O–H groups in total. The molecule has 0 aromatic carbocycles. The summed E-state index contributed by atoms with van der Waals surface area (Å²) in [7, 11) is 0. The molecule has 0 unspecified atom stereocenters. The van der Waals surface area contributed by atoms with Crippen LogP contribution < -0.4 is 16.0 Å². The lowest BCUT2D eigenvalue weighted by Gasteiger charge is -2.05. The first-order valence-electron chi connectivity index (χ1n) is 5.65. The Labute approximate surface area is 98.0 Å². The van der Waals surface area contributed by atoms with Crippen LogP contribution in [0.2, 0.25) is 0 Å². The van der Waals surface area contributed by atoms with Gasteiger partial charge in [-0.2, -0.15) is 0 Å². The lowest BCUT2D eigenvalue weighted by atomic mass is 10.2. The van der Waals surface area contributed by atoms with E-state index in [1.165, 1.54) is 19.3 Å². The van der Waals surface area contributed by atoms with Gasteiger partial charge in [0.25, 0.3) is 5.24 Å². The molecule has 0 heterocycles. The van der Waals surface area contributed by atoms with Crippen molar-refractivity contribution in [1.29, 1.82) is 0 Å². The summed E-state index contributed by atoms with van der Waals surface area (Å²) in [5.74, 6) is 0. The maximum atomic E-state index is 10.4. The third-order valence-electron chi connectivity index (χ3n) is 2.04. The van der Waals surface area contributed by atoms with Gasteiger partial charge in [0.05, 0.1) is 0 Å². The lowest BCUT2D eigenvalue weighted by Crippen LogP contribution is -2.29. The average molecular weight is 233 g/mol. The van der Waals surface area contributed by atoms with Crippen LogP contribution in [0, 0.1) is 0 Å². The Bertz CT molecular complexity index is 156. The summed E-state index contributed by atoms with van der Waals surface area (Å²) in [4.78, 5) is 10.4. The quantitative estimate of drug-likeness (QED) is 0.336. The average Bonchev–Trinajstić information content (AvgIpc) is 2.20. The van der Waals surface area contributed by atoms with Gasteiger partial charge < -0.3 is 16.0 Å². The molecule has 0 saturated carbocycles. The predicted molar refractivity (Wildman–Crippen MR) is 67.6 cm³/mol. The van der Waals surface area contributed by atoms with Gasteiger partial charge in [-0.1, -0.05) is 26.0 Å². The van der Waals surface area contributed by atoms with Crippen molar-refractivity contribution in [2.75, 3.05) is 32.7 Å². The number of carbonyl (C=O) groups excluding carboxylic acids is 1. The standard InChI is InChI=1S/C10H23N3OS/c1-2-11-6-4-3-5-7-12-8-9-13-10(14)15/h11-12H,2-9H2,1H3,(H2,13,14,15). The van der Waals surface area contributed by atoms with Gasteiger partial charge in [-0.25, -0.2) is 0 Å². The molecule has 1 amide bonds. The second-order valence-electron chi connectivity index (χ2n) is 3.40. The molecule has 5 heteroatoms. The molecule has 0 aliphatic rings. The minimum Gasteiger partial charge on any atom is -0.346 e. The Hall–Kier alpha value is -0.260. The summed E-state index contributed by atoms with van der Waals surface area (Å²) in [6, 6.07) is 0. The fourth-order valence-electron chi connectivity index (χ4n) is 1.24. The van der Waals surface area contributed by atoms with Crippen molar-refractivity contribution in [3.63, 3.8) is 0 Å². The van der Waals surface area contributed by atoms with Gasteiger partial charge in [0.2, 0.25) is 0 Å². The maximum absolute atomic E-state index is 10.4. The summed E-state index contributed by atoms with van der Waals surface area (Å²) in [5, 5.41) is 8.91. The molecule has 0 radical (unpaired) electrons. The van der Waals surface area contributed by atoms with Crippen molar-refractivity contribution in [2.24, 2.45) is 0 Å². The number of carbonyl (C=O) groups is 1. The zero-order valence-corrected chi connectivity index (χ0v) is 10.4. The third kappa shape index (κ3) is 13.7. The van der Waals surface area contributed by atoms with E-state index < -0.39 is 0 Å². The highest BCUT2D eigenvalue weighted by Crippen LogP contribution is 1.91. The minimum absolute atomic E-state index is 0.262. The summed E-state index contributed by atoms with van der Waals surface area (Å²) < 4.78 is 0. The van der Waals surface area contributed by atoms with Gasteiger partial charge in [-0.15, -0.1) is 0 Å². The van der Waals surface area contributed by atoms with Gasteiger partial charge in [0.1, 0.15) is 0 Å².